The zero-order valence-corrected chi connectivity index (χ0v) is 31.4. The molecule has 6 rings (SSSR count). The summed E-state index contributed by atoms with van der Waals surface area (Å²) < 4.78 is 13.8. The second-order valence-corrected chi connectivity index (χ2v) is 12.4. The predicted octanol–water partition coefficient (Wildman–Crippen LogP) is 6.86. The van der Waals surface area contributed by atoms with Crippen LogP contribution in [0.3, 0.4) is 0 Å². The van der Waals surface area contributed by atoms with Crippen molar-refractivity contribution < 1.29 is 18.7 Å². The standard InChI is InChI=1S/C37H40N6O5.3ClH/c1-5-43-30-10-9-27(22-31(30)41(4)35(45)37(2,3)36(43)46)47-21-7-16-40-29(25-11-17-38-18-12-25)13-19-42-20-14-32-28(34(42)44)23-33(48-32)26-8-6-15-39-24-26;;;/h6,8-12,14-15,17-18,20,22-24,29,40H,5,7,13,16,19,21H2,1-4H3;3*1H. The van der Waals surface area contributed by atoms with E-state index in [1.807, 2.05) is 55.5 Å². The highest BCUT2D eigenvalue weighted by Crippen LogP contribution is 2.40. The number of pyridine rings is 3. The number of fused-ring (bicyclic) bond motifs is 2. The number of rotatable bonds is 12. The molecule has 0 saturated heterocycles. The number of carbonyl (C=O) groups excluding carboxylic acids is 2. The monoisotopic (exact) mass is 756 g/mol. The molecule has 0 radical (unpaired) electrons. The smallest absolute Gasteiger partial charge is 0.261 e. The number of benzene rings is 1. The van der Waals surface area contributed by atoms with E-state index in [0.29, 0.717) is 66.5 Å². The molecule has 1 aliphatic rings. The summed E-state index contributed by atoms with van der Waals surface area (Å²) in [6.07, 6.45) is 10.1. The Labute approximate surface area is 315 Å². The van der Waals surface area contributed by atoms with Crippen LogP contribution in [0, 0.1) is 5.41 Å². The van der Waals surface area contributed by atoms with Gasteiger partial charge in [0.25, 0.3) is 5.56 Å². The molecular weight excluding hydrogens is 715 g/mol. The maximum absolute atomic E-state index is 13.4. The number of hydrogen-bond donors (Lipinski definition) is 1. The Bertz CT molecular complexity index is 1990. The van der Waals surface area contributed by atoms with E-state index in [4.69, 9.17) is 9.15 Å². The molecule has 0 saturated carbocycles. The largest absolute Gasteiger partial charge is 0.493 e. The fourth-order valence-corrected chi connectivity index (χ4v) is 6.16. The summed E-state index contributed by atoms with van der Waals surface area (Å²) in [5, 5.41) is 4.16. The number of aromatic nitrogens is 3. The number of nitrogens with one attached hydrogen (secondary N) is 1. The number of ether oxygens (including phenoxy) is 1. The number of nitrogens with zero attached hydrogens (tertiary/aromatic N) is 5. The van der Waals surface area contributed by atoms with Gasteiger partial charge in [-0.15, -0.1) is 37.2 Å². The Kier molecular flexibility index (Phi) is 14.2. The third-order valence-corrected chi connectivity index (χ3v) is 8.89. The number of amides is 2. The lowest BCUT2D eigenvalue weighted by molar-refractivity contribution is -0.137. The minimum atomic E-state index is -1.16. The molecule has 1 atom stereocenters. The average molecular weight is 758 g/mol. The van der Waals surface area contributed by atoms with Gasteiger partial charge in [-0.05, 0) is 94.3 Å². The highest BCUT2D eigenvalue weighted by atomic mass is 35.5. The lowest BCUT2D eigenvalue weighted by Crippen LogP contribution is -2.47. The van der Waals surface area contributed by atoms with Crippen molar-refractivity contribution in [3.8, 4) is 17.1 Å². The van der Waals surface area contributed by atoms with Gasteiger partial charge in [-0.1, -0.05) is 0 Å². The summed E-state index contributed by atoms with van der Waals surface area (Å²) in [4.78, 5) is 51.2. The first-order valence-corrected chi connectivity index (χ1v) is 16.2. The number of carbonyl (C=O) groups is 2. The highest BCUT2D eigenvalue weighted by molar-refractivity contribution is 6.20. The van der Waals surface area contributed by atoms with E-state index in [9.17, 15) is 14.4 Å². The minimum absolute atomic E-state index is 0. The number of hydrogen-bond acceptors (Lipinski definition) is 8. The first kappa shape index (κ1) is 41.0. The molecule has 272 valence electrons. The predicted molar refractivity (Wildman–Crippen MR) is 207 cm³/mol. The van der Waals surface area contributed by atoms with Crippen LogP contribution in [0.25, 0.3) is 22.3 Å². The molecule has 5 heterocycles. The Morgan fingerprint density at radius 3 is 2.39 bits per heavy atom. The Morgan fingerprint density at radius 2 is 1.69 bits per heavy atom. The van der Waals surface area contributed by atoms with Gasteiger partial charge in [0, 0.05) is 68.8 Å². The molecule has 1 unspecified atom stereocenters. The first-order valence-electron chi connectivity index (χ1n) is 16.2. The lowest BCUT2D eigenvalue weighted by atomic mass is 9.90. The molecule has 4 aromatic heterocycles. The zero-order valence-electron chi connectivity index (χ0n) is 28.9. The van der Waals surface area contributed by atoms with Crippen LogP contribution >= 0.6 is 37.2 Å². The fraction of sp³-hybridized carbons (Fsp3) is 0.324. The van der Waals surface area contributed by atoms with Crippen molar-refractivity contribution in [3.05, 3.63) is 101 Å². The van der Waals surface area contributed by atoms with Gasteiger partial charge in [0.2, 0.25) is 11.8 Å². The highest BCUT2D eigenvalue weighted by Gasteiger charge is 2.45. The molecular formula is C37H43Cl3N6O5. The molecule has 2 amide bonds. The molecule has 1 N–H and O–H groups in total. The quantitative estimate of drug-likeness (QED) is 0.108. The fourth-order valence-electron chi connectivity index (χ4n) is 6.16. The maximum Gasteiger partial charge on any atom is 0.261 e. The third kappa shape index (κ3) is 8.56. The minimum Gasteiger partial charge on any atom is -0.493 e. The van der Waals surface area contributed by atoms with Crippen molar-refractivity contribution in [2.75, 3.05) is 36.5 Å². The van der Waals surface area contributed by atoms with E-state index in [1.54, 1.807) is 72.3 Å². The zero-order chi connectivity index (χ0) is 33.8. The molecule has 1 aromatic carbocycles. The van der Waals surface area contributed by atoms with E-state index < -0.39 is 5.41 Å². The van der Waals surface area contributed by atoms with Gasteiger partial charge < -0.3 is 28.8 Å². The van der Waals surface area contributed by atoms with Gasteiger partial charge in [0.15, 0.2) is 0 Å². The number of halogens is 3. The van der Waals surface area contributed by atoms with Crippen LogP contribution in [0.5, 0.6) is 5.75 Å². The summed E-state index contributed by atoms with van der Waals surface area (Å²) in [7, 11) is 1.70. The van der Waals surface area contributed by atoms with Crippen molar-refractivity contribution in [2.45, 2.75) is 46.2 Å². The van der Waals surface area contributed by atoms with E-state index >= 15 is 0 Å². The SMILES string of the molecule is CCN1C(=O)C(C)(C)C(=O)N(C)c2cc(OCCCNC(CCn3ccc4oc(-c5cccnc5)cc4c3=O)c3ccncc3)ccc21.Cl.Cl.Cl. The Balaban J connectivity index is 0.00000234. The normalized spacial score (nSPS) is 14.1. The van der Waals surface area contributed by atoms with Crippen LogP contribution in [-0.4, -0.2) is 53.1 Å². The van der Waals surface area contributed by atoms with Crippen LogP contribution in [0.4, 0.5) is 11.4 Å². The topological polar surface area (TPSA) is 123 Å². The molecule has 0 bridgehead atoms. The van der Waals surface area contributed by atoms with Crippen molar-refractivity contribution in [1.29, 1.82) is 0 Å². The number of aryl methyl sites for hydroxylation is 1. The van der Waals surface area contributed by atoms with Crippen molar-refractivity contribution in [1.82, 2.24) is 19.9 Å². The summed E-state index contributed by atoms with van der Waals surface area (Å²) in [5.41, 5.74) is 2.52. The summed E-state index contributed by atoms with van der Waals surface area (Å²) in [6.45, 7) is 7.33. The molecule has 0 aliphatic carbocycles. The van der Waals surface area contributed by atoms with Gasteiger partial charge >= 0.3 is 0 Å². The van der Waals surface area contributed by atoms with E-state index in [-0.39, 0.29) is 60.6 Å². The molecule has 5 aromatic rings. The summed E-state index contributed by atoms with van der Waals surface area (Å²) >= 11 is 0. The number of anilines is 2. The second-order valence-electron chi connectivity index (χ2n) is 12.4. The summed E-state index contributed by atoms with van der Waals surface area (Å²) in [5.74, 6) is 0.767. The van der Waals surface area contributed by atoms with Gasteiger partial charge in [0.1, 0.15) is 22.5 Å². The van der Waals surface area contributed by atoms with Gasteiger partial charge in [-0.2, -0.15) is 0 Å². The molecule has 0 spiro atoms. The van der Waals surface area contributed by atoms with Crippen LogP contribution in [-0.2, 0) is 16.1 Å². The van der Waals surface area contributed by atoms with Crippen LogP contribution in [0.15, 0.2) is 94.8 Å². The molecule has 0 fully saturated rings. The van der Waals surface area contributed by atoms with Crippen LogP contribution in [0.1, 0.15) is 45.2 Å². The molecule has 51 heavy (non-hydrogen) atoms. The second kappa shape index (κ2) is 17.7. The van der Waals surface area contributed by atoms with Crippen LogP contribution in [0.2, 0.25) is 0 Å². The molecule has 1 aliphatic heterocycles. The van der Waals surface area contributed by atoms with Crippen molar-refractivity contribution >= 4 is 71.4 Å². The van der Waals surface area contributed by atoms with Crippen molar-refractivity contribution in [2.24, 2.45) is 5.41 Å². The molecule has 14 heteroatoms. The lowest BCUT2D eigenvalue weighted by Gasteiger charge is -2.27. The van der Waals surface area contributed by atoms with Crippen molar-refractivity contribution in [3.63, 3.8) is 0 Å². The van der Waals surface area contributed by atoms with E-state index in [1.165, 1.54) is 0 Å². The van der Waals surface area contributed by atoms with E-state index in [0.717, 1.165) is 17.5 Å². The maximum atomic E-state index is 13.4. The Morgan fingerprint density at radius 1 is 0.922 bits per heavy atom. The Hall–Kier alpha value is -4.42. The van der Waals surface area contributed by atoms with Crippen LogP contribution < -0.4 is 25.4 Å². The van der Waals surface area contributed by atoms with Gasteiger partial charge in [-0.3, -0.25) is 24.4 Å². The number of furan rings is 1. The first-order chi connectivity index (χ1) is 23.2. The average Bonchev–Trinajstić information content (AvgIpc) is 3.54. The summed E-state index contributed by atoms with van der Waals surface area (Å²) in [6, 6.07) is 16.8. The van der Waals surface area contributed by atoms with Gasteiger partial charge in [0.05, 0.1) is 23.4 Å². The third-order valence-electron chi connectivity index (χ3n) is 8.89. The molecule has 11 nitrogen and oxygen atoms in total. The van der Waals surface area contributed by atoms with Gasteiger partial charge in [-0.25, -0.2) is 0 Å². The van der Waals surface area contributed by atoms with E-state index in [2.05, 4.69) is 15.3 Å².